The standard InChI is InChI=1S/C9H12/c1-7-5-8-3-2-4-9(8)6-7/h5-6,8H,2-4H2,1H3. The molecule has 0 amide bonds. The zero-order chi connectivity index (χ0) is 6.27. The molecule has 0 bridgehead atoms. The Morgan fingerprint density at radius 2 is 2.44 bits per heavy atom. The van der Waals surface area contributed by atoms with Gasteiger partial charge in [0.05, 0.1) is 0 Å². The van der Waals surface area contributed by atoms with Crippen LogP contribution in [0.3, 0.4) is 0 Å². The zero-order valence-electron chi connectivity index (χ0n) is 5.85. The Balaban J connectivity index is 2.29. The summed E-state index contributed by atoms with van der Waals surface area (Å²) in [6, 6.07) is 0. The summed E-state index contributed by atoms with van der Waals surface area (Å²) in [5, 5.41) is 0. The van der Waals surface area contributed by atoms with Gasteiger partial charge in [-0.05, 0) is 32.1 Å². The van der Waals surface area contributed by atoms with E-state index in [0.717, 1.165) is 5.92 Å². The summed E-state index contributed by atoms with van der Waals surface area (Å²) in [4.78, 5) is 0. The fourth-order valence-corrected chi connectivity index (χ4v) is 1.92. The third-order valence-electron chi connectivity index (χ3n) is 2.33. The van der Waals surface area contributed by atoms with E-state index in [4.69, 9.17) is 0 Å². The van der Waals surface area contributed by atoms with Crippen molar-refractivity contribution in [2.45, 2.75) is 26.2 Å². The van der Waals surface area contributed by atoms with Crippen LogP contribution in [-0.4, -0.2) is 0 Å². The van der Waals surface area contributed by atoms with Gasteiger partial charge in [0.2, 0.25) is 0 Å². The molecule has 0 aromatic heterocycles. The van der Waals surface area contributed by atoms with Crippen LogP contribution >= 0.6 is 0 Å². The van der Waals surface area contributed by atoms with E-state index in [9.17, 15) is 0 Å². The summed E-state index contributed by atoms with van der Waals surface area (Å²) in [5.41, 5.74) is 3.17. The summed E-state index contributed by atoms with van der Waals surface area (Å²) in [5.74, 6) is 0.852. The van der Waals surface area contributed by atoms with Crippen LogP contribution in [0.1, 0.15) is 26.2 Å². The van der Waals surface area contributed by atoms with E-state index in [2.05, 4.69) is 19.1 Å². The van der Waals surface area contributed by atoms with Gasteiger partial charge in [0.15, 0.2) is 0 Å². The van der Waals surface area contributed by atoms with Gasteiger partial charge in [-0.25, -0.2) is 0 Å². The quantitative estimate of drug-likeness (QED) is 0.461. The first-order valence-electron chi connectivity index (χ1n) is 3.75. The summed E-state index contributed by atoms with van der Waals surface area (Å²) >= 11 is 0. The first-order valence-corrected chi connectivity index (χ1v) is 3.75. The monoisotopic (exact) mass is 120 g/mol. The fraction of sp³-hybridized carbons (Fsp3) is 0.556. The Kier molecular flexibility index (Phi) is 1.01. The number of hydrogen-bond donors (Lipinski definition) is 0. The van der Waals surface area contributed by atoms with Crippen molar-refractivity contribution < 1.29 is 0 Å². The Hall–Kier alpha value is -0.520. The normalized spacial score (nSPS) is 31.9. The molecule has 1 saturated carbocycles. The molecule has 0 aromatic carbocycles. The number of fused-ring (bicyclic) bond motifs is 1. The molecule has 0 heterocycles. The van der Waals surface area contributed by atoms with E-state index in [1.807, 2.05) is 0 Å². The zero-order valence-corrected chi connectivity index (χ0v) is 5.85. The predicted molar refractivity (Wildman–Crippen MR) is 39.2 cm³/mol. The molecule has 0 spiro atoms. The van der Waals surface area contributed by atoms with Crippen LogP contribution in [-0.2, 0) is 0 Å². The summed E-state index contributed by atoms with van der Waals surface area (Å²) in [6.45, 7) is 2.20. The van der Waals surface area contributed by atoms with Crippen LogP contribution < -0.4 is 0 Å². The van der Waals surface area contributed by atoms with E-state index in [-0.39, 0.29) is 0 Å². The Bertz CT molecular complexity index is 184. The van der Waals surface area contributed by atoms with Crippen molar-refractivity contribution in [3.05, 3.63) is 23.3 Å². The lowest BCUT2D eigenvalue weighted by Crippen LogP contribution is -1.84. The van der Waals surface area contributed by atoms with Crippen molar-refractivity contribution in [2.24, 2.45) is 5.92 Å². The first-order chi connectivity index (χ1) is 4.36. The summed E-state index contributed by atoms with van der Waals surface area (Å²) < 4.78 is 0. The lowest BCUT2D eigenvalue weighted by molar-refractivity contribution is 0.770. The highest BCUT2D eigenvalue weighted by Crippen LogP contribution is 2.37. The van der Waals surface area contributed by atoms with Gasteiger partial charge in [-0.15, -0.1) is 0 Å². The van der Waals surface area contributed by atoms with Crippen molar-refractivity contribution in [1.82, 2.24) is 0 Å². The van der Waals surface area contributed by atoms with Gasteiger partial charge in [0.25, 0.3) is 0 Å². The molecule has 0 aliphatic heterocycles. The second kappa shape index (κ2) is 1.73. The molecule has 2 aliphatic rings. The molecule has 48 valence electrons. The molecule has 0 N–H and O–H groups in total. The van der Waals surface area contributed by atoms with Crippen LogP contribution in [0.5, 0.6) is 0 Å². The molecule has 1 atom stereocenters. The summed E-state index contributed by atoms with van der Waals surface area (Å²) in [6.07, 6.45) is 8.95. The highest BCUT2D eigenvalue weighted by Gasteiger charge is 2.21. The average Bonchev–Trinajstić information content (AvgIpc) is 2.22. The maximum atomic E-state index is 2.41. The van der Waals surface area contributed by atoms with Gasteiger partial charge in [-0.2, -0.15) is 0 Å². The Morgan fingerprint density at radius 1 is 1.56 bits per heavy atom. The average molecular weight is 120 g/mol. The minimum Gasteiger partial charge on any atom is -0.0744 e. The van der Waals surface area contributed by atoms with Crippen molar-refractivity contribution in [2.75, 3.05) is 0 Å². The molecule has 9 heavy (non-hydrogen) atoms. The van der Waals surface area contributed by atoms with E-state index in [0.29, 0.717) is 0 Å². The van der Waals surface area contributed by atoms with Crippen LogP contribution in [0.2, 0.25) is 0 Å². The minimum atomic E-state index is 0.852. The molecule has 0 saturated heterocycles. The van der Waals surface area contributed by atoms with Crippen molar-refractivity contribution in [1.29, 1.82) is 0 Å². The van der Waals surface area contributed by atoms with Crippen LogP contribution in [0.4, 0.5) is 0 Å². The van der Waals surface area contributed by atoms with Crippen molar-refractivity contribution in [3.8, 4) is 0 Å². The van der Waals surface area contributed by atoms with Gasteiger partial charge in [0, 0.05) is 0 Å². The highest BCUT2D eigenvalue weighted by molar-refractivity contribution is 5.36. The predicted octanol–water partition coefficient (Wildman–Crippen LogP) is 2.67. The van der Waals surface area contributed by atoms with Crippen LogP contribution in [0.25, 0.3) is 0 Å². The molecular weight excluding hydrogens is 108 g/mol. The molecule has 1 unspecified atom stereocenters. The number of allylic oxidation sites excluding steroid dienone is 4. The second-order valence-electron chi connectivity index (χ2n) is 3.13. The topological polar surface area (TPSA) is 0 Å². The Morgan fingerprint density at radius 3 is 3.22 bits per heavy atom. The third kappa shape index (κ3) is 0.735. The number of rotatable bonds is 0. The minimum absolute atomic E-state index is 0.852. The van der Waals surface area contributed by atoms with Crippen LogP contribution in [0, 0.1) is 5.92 Å². The maximum Gasteiger partial charge on any atom is -0.00142 e. The largest absolute Gasteiger partial charge is 0.0744 e. The van der Waals surface area contributed by atoms with E-state index >= 15 is 0 Å². The maximum absolute atomic E-state index is 2.41. The lowest BCUT2D eigenvalue weighted by Gasteiger charge is -1.96. The van der Waals surface area contributed by atoms with Crippen molar-refractivity contribution >= 4 is 0 Å². The van der Waals surface area contributed by atoms with Crippen LogP contribution in [0.15, 0.2) is 23.3 Å². The first kappa shape index (κ1) is 5.28. The van der Waals surface area contributed by atoms with Gasteiger partial charge >= 0.3 is 0 Å². The third-order valence-corrected chi connectivity index (χ3v) is 2.33. The van der Waals surface area contributed by atoms with Gasteiger partial charge in [0.1, 0.15) is 0 Å². The molecular formula is C9H12. The molecule has 0 radical (unpaired) electrons. The molecule has 0 nitrogen and oxygen atoms in total. The van der Waals surface area contributed by atoms with Gasteiger partial charge in [-0.3, -0.25) is 0 Å². The molecule has 0 heteroatoms. The SMILES string of the molecule is CC1=CC2CCCC2=C1. The fourth-order valence-electron chi connectivity index (χ4n) is 1.92. The molecule has 1 fully saturated rings. The molecule has 2 rings (SSSR count). The lowest BCUT2D eigenvalue weighted by atomic mass is 10.1. The Labute approximate surface area is 56.3 Å². The van der Waals surface area contributed by atoms with Gasteiger partial charge < -0.3 is 0 Å². The molecule has 2 aliphatic carbocycles. The second-order valence-corrected chi connectivity index (χ2v) is 3.13. The summed E-state index contributed by atoms with van der Waals surface area (Å²) in [7, 11) is 0. The van der Waals surface area contributed by atoms with E-state index < -0.39 is 0 Å². The smallest absolute Gasteiger partial charge is 0.00142 e. The number of hydrogen-bond acceptors (Lipinski definition) is 0. The molecule has 0 aromatic rings. The van der Waals surface area contributed by atoms with E-state index in [1.54, 1.807) is 5.57 Å². The van der Waals surface area contributed by atoms with Gasteiger partial charge in [-0.1, -0.05) is 23.3 Å². The van der Waals surface area contributed by atoms with Crippen molar-refractivity contribution in [3.63, 3.8) is 0 Å². The van der Waals surface area contributed by atoms with E-state index in [1.165, 1.54) is 24.8 Å². The highest BCUT2D eigenvalue weighted by atomic mass is 14.3.